The van der Waals surface area contributed by atoms with Crippen LogP contribution in [0.4, 0.5) is 5.69 Å². The first-order chi connectivity index (χ1) is 9.16. The minimum absolute atomic E-state index is 0.0886. The summed E-state index contributed by atoms with van der Waals surface area (Å²) in [5, 5.41) is 2.94. The zero-order chi connectivity index (χ0) is 13.7. The van der Waals surface area contributed by atoms with Crippen molar-refractivity contribution in [3.63, 3.8) is 0 Å². The number of piperidine rings is 1. The Morgan fingerprint density at radius 1 is 1.42 bits per heavy atom. The average molecular weight is 262 g/mol. The quantitative estimate of drug-likeness (QED) is 0.855. The van der Waals surface area contributed by atoms with Crippen molar-refractivity contribution in [1.29, 1.82) is 0 Å². The Kier molecular flexibility index (Phi) is 4.74. The third-order valence-corrected chi connectivity index (χ3v) is 3.51. The summed E-state index contributed by atoms with van der Waals surface area (Å²) in [6, 6.07) is 1.68. The summed E-state index contributed by atoms with van der Waals surface area (Å²) in [7, 11) is 0. The van der Waals surface area contributed by atoms with Crippen molar-refractivity contribution in [2.45, 2.75) is 26.2 Å². The number of nitrogens with zero attached hydrogens (tertiary/aromatic N) is 2. The molecule has 1 aliphatic rings. The zero-order valence-corrected chi connectivity index (χ0v) is 11.5. The first-order valence-corrected chi connectivity index (χ1v) is 6.89. The Labute approximate surface area is 114 Å². The Morgan fingerprint density at radius 2 is 2.16 bits per heavy atom. The van der Waals surface area contributed by atoms with Gasteiger partial charge < -0.3 is 16.0 Å². The number of nitrogen functional groups attached to an aromatic ring is 1. The molecule has 1 aromatic heterocycles. The molecule has 5 nitrogen and oxygen atoms in total. The predicted molar refractivity (Wildman–Crippen MR) is 76.0 cm³/mol. The maximum Gasteiger partial charge on any atom is 0.253 e. The third-order valence-electron chi connectivity index (χ3n) is 3.51. The molecule has 0 radical (unpaired) electrons. The van der Waals surface area contributed by atoms with Gasteiger partial charge in [0.05, 0.1) is 23.1 Å². The molecule has 0 atom stereocenters. The van der Waals surface area contributed by atoms with E-state index in [1.165, 1.54) is 19.3 Å². The van der Waals surface area contributed by atoms with E-state index in [0.29, 0.717) is 23.5 Å². The molecule has 19 heavy (non-hydrogen) atoms. The van der Waals surface area contributed by atoms with Gasteiger partial charge in [-0.2, -0.15) is 0 Å². The lowest BCUT2D eigenvalue weighted by Gasteiger charge is -2.26. The summed E-state index contributed by atoms with van der Waals surface area (Å²) in [5.74, 6) is -0.0886. The van der Waals surface area contributed by atoms with Crippen LogP contribution in [0, 0.1) is 6.92 Å². The molecular formula is C14H22N4O. The number of likely N-dealkylation sites (tertiary alicyclic amines) is 1. The van der Waals surface area contributed by atoms with E-state index in [1.54, 1.807) is 12.3 Å². The number of rotatable bonds is 4. The minimum atomic E-state index is -0.0886. The molecule has 0 spiro atoms. The molecule has 1 aromatic rings. The molecule has 5 heteroatoms. The Morgan fingerprint density at radius 3 is 2.89 bits per heavy atom. The van der Waals surface area contributed by atoms with Crippen molar-refractivity contribution in [2.75, 3.05) is 31.9 Å². The van der Waals surface area contributed by atoms with Gasteiger partial charge in [0, 0.05) is 13.1 Å². The third kappa shape index (κ3) is 3.92. The molecule has 1 amide bonds. The molecule has 2 heterocycles. The summed E-state index contributed by atoms with van der Waals surface area (Å²) in [5.41, 5.74) is 7.46. The maximum absolute atomic E-state index is 12.0. The lowest BCUT2D eigenvalue weighted by Crippen LogP contribution is -2.37. The number of amides is 1. The van der Waals surface area contributed by atoms with Gasteiger partial charge in [0.1, 0.15) is 0 Å². The summed E-state index contributed by atoms with van der Waals surface area (Å²) in [4.78, 5) is 18.5. The molecule has 0 aliphatic carbocycles. The van der Waals surface area contributed by atoms with E-state index in [-0.39, 0.29) is 5.91 Å². The molecule has 2 rings (SSSR count). The van der Waals surface area contributed by atoms with Gasteiger partial charge in [-0.1, -0.05) is 6.42 Å². The Bertz CT molecular complexity index is 441. The number of nitrogens with two attached hydrogens (primary N) is 1. The number of anilines is 1. The summed E-state index contributed by atoms with van der Waals surface area (Å²) in [6.07, 6.45) is 5.44. The molecule has 104 valence electrons. The van der Waals surface area contributed by atoms with Crippen LogP contribution in [0.2, 0.25) is 0 Å². The second-order valence-corrected chi connectivity index (χ2v) is 5.06. The second kappa shape index (κ2) is 6.52. The smallest absolute Gasteiger partial charge is 0.253 e. The minimum Gasteiger partial charge on any atom is -0.397 e. The first kappa shape index (κ1) is 13.8. The van der Waals surface area contributed by atoms with Gasteiger partial charge in [-0.3, -0.25) is 9.78 Å². The van der Waals surface area contributed by atoms with Crippen LogP contribution < -0.4 is 11.1 Å². The zero-order valence-electron chi connectivity index (χ0n) is 11.5. The number of carbonyl (C=O) groups excluding carboxylic acids is 1. The lowest BCUT2D eigenvalue weighted by molar-refractivity contribution is 0.0945. The Hall–Kier alpha value is -1.62. The standard InChI is InChI=1S/C14H22N4O/c1-11-13(9-12(15)10-17-11)14(19)16-5-8-18-6-3-2-4-7-18/h9-10H,2-8,15H2,1H3,(H,16,19). The van der Waals surface area contributed by atoms with Crippen molar-refractivity contribution in [1.82, 2.24) is 15.2 Å². The maximum atomic E-state index is 12.0. The van der Waals surface area contributed by atoms with Crippen LogP contribution in [-0.2, 0) is 0 Å². The molecule has 0 saturated carbocycles. The van der Waals surface area contributed by atoms with Crippen LogP contribution in [0.25, 0.3) is 0 Å². The topological polar surface area (TPSA) is 71.2 Å². The van der Waals surface area contributed by atoms with Gasteiger partial charge in [-0.15, -0.1) is 0 Å². The van der Waals surface area contributed by atoms with E-state index >= 15 is 0 Å². The van der Waals surface area contributed by atoms with E-state index in [1.807, 2.05) is 6.92 Å². The molecule has 0 aromatic carbocycles. The second-order valence-electron chi connectivity index (χ2n) is 5.06. The van der Waals surface area contributed by atoms with Gasteiger partial charge in [-0.25, -0.2) is 0 Å². The van der Waals surface area contributed by atoms with Crippen LogP contribution in [0.3, 0.4) is 0 Å². The van der Waals surface area contributed by atoms with Crippen LogP contribution in [0.1, 0.15) is 35.3 Å². The number of hydrogen-bond donors (Lipinski definition) is 2. The first-order valence-electron chi connectivity index (χ1n) is 6.89. The monoisotopic (exact) mass is 262 g/mol. The van der Waals surface area contributed by atoms with Gasteiger partial charge >= 0.3 is 0 Å². The number of aryl methyl sites for hydroxylation is 1. The average Bonchev–Trinajstić information content (AvgIpc) is 2.42. The van der Waals surface area contributed by atoms with E-state index in [4.69, 9.17) is 5.73 Å². The fourth-order valence-electron chi connectivity index (χ4n) is 2.38. The van der Waals surface area contributed by atoms with Crippen LogP contribution in [0.15, 0.2) is 12.3 Å². The summed E-state index contributed by atoms with van der Waals surface area (Å²) < 4.78 is 0. The lowest BCUT2D eigenvalue weighted by atomic mass is 10.1. The number of pyridine rings is 1. The van der Waals surface area contributed by atoms with E-state index < -0.39 is 0 Å². The number of nitrogens with one attached hydrogen (secondary N) is 1. The molecule has 0 bridgehead atoms. The molecule has 3 N–H and O–H groups in total. The van der Waals surface area contributed by atoms with E-state index in [9.17, 15) is 4.79 Å². The van der Waals surface area contributed by atoms with Crippen molar-refractivity contribution in [3.05, 3.63) is 23.5 Å². The fourth-order valence-corrected chi connectivity index (χ4v) is 2.38. The van der Waals surface area contributed by atoms with E-state index in [0.717, 1.165) is 19.6 Å². The molecular weight excluding hydrogens is 240 g/mol. The fraction of sp³-hybridized carbons (Fsp3) is 0.571. The van der Waals surface area contributed by atoms with Gasteiger partial charge in [0.25, 0.3) is 5.91 Å². The van der Waals surface area contributed by atoms with Crippen molar-refractivity contribution in [3.8, 4) is 0 Å². The summed E-state index contributed by atoms with van der Waals surface area (Å²) in [6.45, 7) is 5.70. The molecule has 1 fully saturated rings. The van der Waals surface area contributed by atoms with Crippen LogP contribution >= 0.6 is 0 Å². The predicted octanol–water partition coefficient (Wildman–Crippen LogP) is 1.19. The summed E-state index contributed by atoms with van der Waals surface area (Å²) >= 11 is 0. The number of aromatic nitrogens is 1. The highest BCUT2D eigenvalue weighted by atomic mass is 16.1. The largest absolute Gasteiger partial charge is 0.397 e. The molecule has 1 aliphatic heterocycles. The van der Waals surface area contributed by atoms with Crippen molar-refractivity contribution >= 4 is 11.6 Å². The van der Waals surface area contributed by atoms with Gasteiger partial charge in [-0.05, 0) is 38.9 Å². The highest BCUT2D eigenvalue weighted by Crippen LogP contribution is 2.10. The highest BCUT2D eigenvalue weighted by Gasteiger charge is 2.12. The number of hydrogen-bond acceptors (Lipinski definition) is 4. The molecule has 1 saturated heterocycles. The SMILES string of the molecule is Cc1ncc(N)cc1C(=O)NCCN1CCCCC1. The van der Waals surface area contributed by atoms with Gasteiger partial charge in [0.2, 0.25) is 0 Å². The van der Waals surface area contributed by atoms with Crippen LogP contribution in [-0.4, -0.2) is 42.0 Å². The Balaban J connectivity index is 1.82. The highest BCUT2D eigenvalue weighted by molar-refractivity contribution is 5.95. The molecule has 0 unspecified atom stereocenters. The van der Waals surface area contributed by atoms with Gasteiger partial charge in [0.15, 0.2) is 0 Å². The van der Waals surface area contributed by atoms with Crippen LogP contribution in [0.5, 0.6) is 0 Å². The normalized spacial score (nSPS) is 16.3. The van der Waals surface area contributed by atoms with E-state index in [2.05, 4.69) is 15.2 Å². The number of carbonyl (C=O) groups is 1. The van der Waals surface area contributed by atoms with Crippen molar-refractivity contribution in [2.24, 2.45) is 0 Å². The van der Waals surface area contributed by atoms with Crippen molar-refractivity contribution < 1.29 is 4.79 Å².